The van der Waals surface area contributed by atoms with Gasteiger partial charge in [-0.25, -0.2) is 9.07 Å². The molecule has 1 saturated heterocycles. The number of hydrogen-bond acceptors (Lipinski definition) is 3. The molecule has 0 bridgehead atoms. The van der Waals surface area contributed by atoms with Gasteiger partial charge in [0.05, 0.1) is 38.4 Å². The highest BCUT2D eigenvalue weighted by molar-refractivity contribution is 5.91. The lowest BCUT2D eigenvalue weighted by atomic mass is 10.1. The van der Waals surface area contributed by atoms with Gasteiger partial charge in [0, 0.05) is 0 Å². The summed E-state index contributed by atoms with van der Waals surface area (Å²) >= 11 is 0. The predicted molar refractivity (Wildman–Crippen MR) is 96.6 cm³/mol. The summed E-state index contributed by atoms with van der Waals surface area (Å²) in [7, 11) is 0. The van der Waals surface area contributed by atoms with Gasteiger partial charge >= 0.3 is 0 Å². The summed E-state index contributed by atoms with van der Waals surface area (Å²) in [4.78, 5) is 13.9. The van der Waals surface area contributed by atoms with E-state index in [9.17, 15) is 9.18 Å². The summed E-state index contributed by atoms with van der Waals surface area (Å²) < 4.78 is 14.7. The lowest BCUT2D eigenvalue weighted by molar-refractivity contribution is -0.898. The molecule has 1 aliphatic heterocycles. The van der Waals surface area contributed by atoms with E-state index in [4.69, 9.17) is 0 Å². The van der Waals surface area contributed by atoms with Crippen LogP contribution in [0.4, 0.5) is 4.39 Å². The summed E-state index contributed by atoms with van der Waals surface area (Å²) in [6.07, 6.45) is 6.84. The molecule has 1 fully saturated rings. The molecule has 1 aromatic carbocycles. The van der Waals surface area contributed by atoms with E-state index in [0.29, 0.717) is 12.2 Å². The van der Waals surface area contributed by atoms with Gasteiger partial charge in [0.25, 0.3) is 5.91 Å². The largest absolute Gasteiger partial charge is 0.345 e. The second-order valence-corrected chi connectivity index (χ2v) is 6.98. The van der Waals surface area contributed by atoms with Crippen molar-refractivity contribution in [3.8, 4) is 0 Å². The molecule has 1 atom stereocenters. The average molecular weight is 360 g/mol. The van der Waals surface area contributed by atoms with Gasteiger partial charge in [-0.15, -0.1) is 5.10 Å². The second-order valence-electron chi connectivity index (χ2n) is 6.98. The van der Waals surface area contributed by atoms with E-state index in [1.54, 1.807) is 27.9 Å². The third-order valence-corrected chi connectivity index (χ3v) is 5.07. The van der Waals surface area contributed by atoms with Gasteiger partial charge in [0.2, 0.25) is 0 Å². The van der Waals surface area contributed by atoms with E-state index < -0.39 is 0 Å². The van der Waals surface area contributed by atoms with Crippen molar-refractivity contribution in [1.82, 2.24) is 20.3 Å². The van der Waals surface area contributed by atoms with Crippen LogP contribution in [-0.4, -0.2) is 47.1 Å². The number of aromatic nitrogens is 3. The second kappa shape index (κ2) is 8.89. The van der Waals surface area contributed by atoms with Gasteiger partial charge in [0.15, 0.2) is 5.69 Å². The number of carbonyl (C=O) groups excluding carboxylic acids is 1. The van der Waals surface area contributed by atoms with E-state index in [1.807, 2.05) is 6.92 Å². The lowest BCUT2D eigenvalue weighted by Gasteiger charge is -2.16. The van der Waals surface area contributed by atoms with E-state index >= 15 is 0 Å². The minimum atomic E-state index is -0.272. The molecule has 7 heteroatoms. The Labute approximate surface area is 153 Å². The standard InChI is InChI=1S/C19H26FN5O/c1-15(16-6-8-17(20)9-7-16)25-14-18(22-23-25)19(26)21-10-13-24-11-4-2-3-5-12-24/h6-9,14-15H,2-5,10-13H2,1H3,(H,21,26)/p+1/t15-/m1/s1. The van der Waals surface area contributed by atoms with Crippen molar-refractivity contribution >= 4 is 5.91 Å². The lowest BCUT2D eigenvalue weighted by Crippen LogP contribution is -3.12. The topological polar surface area (TPSA) is 64.2 Å². The molecule has 1 amide bonds. The van der Waals surface area contributed by atoms with Gasteiger partial charge in [0.1, 0.15) is 5.82 Å². The van der Waals surface area contributed by atoms with Crippen LogP contribution in [0, 0.1) is 5.82 Å². The maximum Gasteiger partial charge on any atom is 0.273 e. The molecule has 2 N–H and O–H groups in total. The minimum Gasteiger partial charge on any atom is -0.345 e. The SMILES string of the molecule is C[C@H](c1ccc(F)cc1)n1cc(C(=O)NCC[NH+]2CCCCCC2)nn1. The summed E-state index contributed by atoms with van der Waals surface area (Å²) in [5, 5.41) is 11.0. The van der Waals surface area contributed by atoms with Gasteiger partial charge < -0.3 is 10.2 Å². The summed E-state index contributed by atoms with van der Waals surface area (Å²) in [6.45, 7) is 5.93. The Balaban J connectivity index is 1.51. The van der Waals surface area contributed by atoms with Crippen molar-refractivity contribution < 1.29 is 14.1 Å². The van der Waals surface area contributed by atoms with Crippen LogP contribution in [-0.2, 0) is 0 Å². The van der Waals surface area contributed by atoms with Crippen LogP contribution in [0.25, 0.3) is 0 Å². The Morgan fingerprint density at radius 1 is 1.23 bits per heavy atom. The third-order valence-electron chi connectivity index (χ3n) is 5.07. The molecule has 0 unspecified atom stereocenters. The van der Waals surface area contributed by atoms with E-state index in [-0.39, 0.29) is 17.8 Å². The number of carbonyl (C=O) groups is 1. The fraction of sp³-hybridized carbons (Fsp3) is 0.526. The molecule has 26 heavy (non-hydrogen) atoms. The highest BCUT2D eigenvalue weighted by atomic mass is 19.1. The summed E-state index contributed by atoms with van der Waals surface area (Å²) in [5.41, 5.74) is 1.22. The van der Waals surface area contributed by atoms with Crippen LogP contribution in [0.1, 0.15) is 54.7 Å². The maximum absolute atomic E-state index is 13.0. The van der Waals surface area contributed by atoms with Gasteiger partial charge in [-0.2, -0.15) is 0 Å². The predicted octanol–water partition coefficient (Wildman–Crippen LogP) is 1.22. The summed E-state index contributed by atoms with van der Waals surface area (Å²) in [6, 6.07) is 6.14. The van der Waals surface area contributed by atoms with Crippen molar-refractivity contribution in [2.75, 3.05) is 26.2 Å². The van der Waals surface area contributed by atoms with Crippen LogP contribution in [0.15, 0.2) is 30.5 Å². The monoisotopic (exact) mass is 360 g/mol. The van der Waals surface area contributed by atoms with Gasteiger partial charge in [-0.1, -0.05) is 17.3 Å². The zero-order valence-electron chi connectivity index (χ0n) is 15.2. The van der Waals surface area contributed by atoms with Crippen LogP contribution in [0.3, 0.4) is 0 Å². The number of halogens is 1. The molecule has 2 aromatic rings. The Hall–Kier alpha value is -2.28. The molecular formula is C19H27FN5O+. The number of nitrogens with zero attached hydrogens (tertiary/aromatic N) is 3. The summed E-state index contributed by atoms with van der Waals surface area (Å²) in [5.74, 6) is -0.470. The number of amides is 1. The van der Waals surface area contributed by atoms with E-state index in [0.717, 1.165) is 12.1 Å². The molecule has 3 rings (SSSR count). The molecule has 0 radical (unpaired) electrons. The van der Waals surface area contributed by atoms with Crippen molar-refractivity contribution in [2.24, 2.45) is 0 Å². The van der Waals surface area contributed by atoms with Crippen molar-refractivity contribution in [1.29, 1.82) is 0 Å². The number of rotatable bonds is 6. The van der Waals surface area contributed by atoms with Crippen molar-refractivity contribution in [2.45, 2.75) is 38.6 Å². The molecule has 0 saturated carbocycles. The fourth-order valence-corrected chi connectivity index (χ4v) is 3.39. The smallest absolute Gasteiger partial charge is 0.273 e. The van der Waals surface area contributed by atoms with Crippen molar-refractivity contribution in [3.05, 3.63) is 47.5 Å². The Morgan fingerprint density at radius 2 is 1.92 bits per heavy atom. The maximum atomic E-state index is 13.0. The molecule has 140 valence electrons. The first-order valence-corrected chi connectivity index (χ1v) is 9.42. The van der Waals surface area contributed by atoms with E-state index in [2.05, 4.69) is 15.6 Å². The normalized spacial score (nSPS) is 16.8. The quantitative estimate of drug-likeness (QED) is 0.814. The Morgan fingerprint density at radius 3 is 2.62 bits per heavy atom. The first kappa shape index (κ1) is 18.5. The number of benzene rings is 1. The van der Waals surface area contributed by atoms with Gasteiger partial charge in [-0.3, -0.25) is 4.79 Å². The number of likely N-dealkylation sites (tertiary alicyclic amines) is 1. The third kappa shape index (κ3) is 4.88. The zero-order valence-corrected chi connectivity index (χ0v) is 15.2. The minimum absolute atomic E-state index is 0.119. The van der Waals surface area contributed by atoms with Gasteiger partial charge in [-0.05, 0) is 50.3 Å². The highest BCUT2D eigenvalue weighted by Crippen LogP contribution is 2.17. The molecule has 6 nitrogen and oxygen atoms in total. The fourth-order valence-electron chi connectivity index (χ4n) is 3.39. The average Bonchev–Trinajstić information content (AvgIpc) is 3.00. The first-order valence-electron chi connectivity index (χ1n) is 9.42. The Kier molecular flexibility index (Phi) is 6.33. The number of nitrogens with one attached hydrogen (secondary N) is 2. The molecule has 2 heterocycles. The van der Waals surface area contributed by atoms with Crippen molar-refractivity contribution in [3.63, 3.8) is 0 Å². The number of quaternary nitrogens is 1. The molecule has 0 aliphatic carbocycles. The Bertz CT molecular complexity index is 707. The number of hydrogen-bond donors (Lipinski definition) is 2. The molecule has 1 aromatic heterocycles. The van der Waals surface area contributed by atoms with Crippen LogP contribution < -0.4 is 10.2 Å². The molecule has 1 aliphatic rings. The zero-order chi connectivity index (χ0) is 18.4. The highest BCUT2D eigenvalue weighted by Gasteiger charge is 2.16. The van der Waals surface area contributed by atoms with Crippen LogP contribution >= 0.6 is 0 Å². The molecular weight excluding hydrogens is 333 g/mol. The van der Waals surface area contributed by atoms with Crippen LogP contribution in [0.2, 0.25) is 0 Å². The molecule has 0 spiro atoms. The van der Waals surface area contributed by atoms with Crippen LogP contribution in [0.5, 0.6) is 0 Å². The van der Waals surface area contributed by atoms with E-state index in [1.165, 1.54) is 50.9 Å². The first-order chi connectivity index (χ1) is 12.6.